The number of carbonyl (C=O) groups is 2. The van der Waals surface area contributed by atoms with Crippen molar-refractivity contribution in [2.45, 2.75) is 19.3 Å². The molecule has 1 fully saturated rings. The van der Waals surface area contributed by atoms with Crippen LogP contribution in [-0.4, -0.2) is 11.8 Å². The second-order valence-corrected chi connectivity index (χ2v) is 5.89. The standard InChI is InChI=1S/C12H11Br2NO2/c1-6-8(5-11(16)15-12(6)17)7-2-3-9(13)10(14)4-7/h2-4,6,8H,5H2,1H3,(H,15,16,17). The predicted molar refractivity (Wildman–Crippen MR) is 71.5 cm³/mol. The Morgan fingerprint density at radius 2 is 1.94 bits per heavy atom. The smallest absolute Gasteiger partial charge is 0.230 e. The summed E-state index contributed by atoms with van der Waals surface area (Å²) in [5.74, 6) is -0.608. The van der Waals surface area contributed by atoms with E-state index in [4.69, 9.17) is 0 Å². The average molecular weight is 361 g/mol. The molecule has 1 aliphatic rings. The fraction of sp³-hybridized carbons (Fsp3) is 0.333. The lowest BCUT2D eigenvalue weighted by molar-refractivity contribution is -0.136. The third-order valence-electron chi connectivity index (χ3n) is 3.06. The molecule has 0 spiro atoms. The van der Waals surface area contributed by atoms with Gasteiger partial charge in [-0.2, -0.15) is 0 Å². The van der Waals surface area contributed by atoms with E-state index in [-0.39, 0.29) is 23.7 Å². The number of carbonyl (C=O) groups excluding carboxylic acids is 2. The zero-order chi connectivity index (χ0) is 12.6. The van der Waals surface area contributed by atoms with Crippen LogP contribution in [0.15, 0.2) is 27.1 Å². The highest BCUT2D eigenvalue weighted by molar-refractivity contribution is 9.13. The summed E-state index contributed by atoms with van der Waals surface area (Å²) >= 11 is 6.83. The van der Waals surface area contributed by atoms with E-state index in [1.807, 2.05) is 25.1 Å². The monoisotopic (exact) mass is 359 g/mol. The van der Waals surface area contributed by atoms with E-state index in [9.17, 15) is 9.59 Å². The summed E-state index contributed by atoms with van der Waals surface area (Å²) in [6.45, 7) is 1.85. The molecule has 17 heavy (non-hydrogen) atoms. The molecule has 1 N–H and O–H groups in total. The number of nitrogens with one attached hydrogen (secondary N) is 1. The van der Waals surface area contributed by atoms with Crippen LogP contribution in [0.5, 0.6) is 0 Å². The minimum Gasteiger partial charge on any atom is -0.296 e. The van der Waals surface area contributed by atoms with E-state index >= 15 is 0 Å². The first-order chi connectivity index (χ1) is 7.99. The van der Waals surface area contributed by atoms with Crippen molar-refractivity contribution in [2.75, 3.05) is 0 Å². The fourth-order valence-corrected chi connectivity index (χ4v) is 2.65. The summed E-state index contributed by atoms with van der Waals surface area (Å²) in [6.07, 6.45) is 0.362. The molecule has 1 aromatic carbocycles. The number of amides is 2. The Labute approximate surface area is 116 Å². The molecule has 1 aliphatic heterocycles. The van der Waals surface area contributed by atoms with E-state index in [1.54, 1.807) is 0 Å². The zero-order valence-electron chi connectivity index (χ0n) is 9.17. The minimum atomic E-state index is -0.197. The van der Waals surface area contributed by atoms with Gasteiger partial charge in [-0.15, -0.1) is 0 Å². The van der Waals surface area contributed by atoms with Crippen molar-refractivity contribution < 1.29 is 9.59 Å². The Morgan fingerprint density at radius 1 is 1.24 bits per heavy atom. The number of benzene rings is 1. The molecule has 1 aromatic rings. The zero-order valence-corrected chi connectivity index (χ0v) is 12.3. The minimum absolute atomic E-state index is 0.0411. The molecule has 0 saturated carbocycles. The number of hydrogen-bond donors (Lipinski definition) is 1. The number of piperidine rings is 1. The summed E-state index contributed by atoms with van der Waals surface area (Å²) in [4.78, 5) is 23.0. The second kappa shape index (κ2) is 4.90. The Morgan fingerprint density at radius 3 is 2.59 bits per heavy atom. The van der Waals surface area contributed by atoms with Gasteiger partial charge in [0.25, 0.3) is 0 Å². The molecule has 1 heterocycles. The first-order valence-electron chi connectivity index (χ1n) is 5.27. The van der Waals surface area contributed by atoms with Gasteiger partial charge in [0.15, 0.2) is 0 Å². The van der Waals surface area contributed by atoms with Crippen LogP contribution in [0, 0.1) is 5.92 Å². The molecule has 2 unspecified atom stereocenters. The molecule has 90 valence electrons. The molecule has 0 bridgehead atoms. The van der Waals surface area contributed by atoms with Gasteiger partial charge in [0.2, 0.25) is 11.8 Å². The number of imide groups is 1. The first-order valence-corrected chi connectivity index (χ1v) is 6.86. The van der Waals surface area contributed by atoms with Crippen LogP contribution in [0.4, 0.5) is 0 Å². The van der Waals surface area contributed by atoms with Crippen LogP contribution in [0.3, 0.4) is 0 Å². The van der Waals surface area contributed by atoms with Gasteiger partial charge in [0.1, 0.15) is 0 Å². The van der Waals surface area contributed by atoms with E-state index < -0.39 is 0 Å². The Balaban J connectivity index is 2.34. The molecule has 0 radical (unpaired) electrons. The van der Waals surface area contributed by atoms with Crippen molar-refractivity contribution in [1.82, 2.24) is 5.32 Å². The summed E-state index contributed by atoms with van der Waals surface area (Å²) < 4.78 is 1.89. The summed E-state index contributed by atoms with van der Waals surface area (Å²) in [6, 6.07) is 5.82. The van der Waals surface area contributed by atoms with Crippen LogP contribution >= 0.6 is 31.9 Å². The Kier molecular flexibility index (Phi) is 3.68. The maximum atomic E-state index is 11.6. The van der Waals surface area contributed by atoms with E-state index in [0.717, 1.165) is 14.5 Å². The normalized spacial score (nSPS) is 24.6. The lowest BCUT2D eigenvalue weighted by atomic mass is 9.81. The van der Waals surface area contributed by atoms with Crippen molar-refractivity contribution in [3.63, 3.8) is 0 Å². The highest BCUT2D eigenvalue weighted by Gasteiger charge is 2.33. The van der Waals surface area contributed by atoms with Gasteiger partial charge in [-0.1, -0.05) is 13.0 Å². The highest BCUT2D eigenvalue weighted by Crippen LogP contribution is 2.34. The SMILES string of the molecule is CC1C(=O)NC(=O)CC1c1ccc(Br)c(Br)c1. The lowest BCUT2D eigenvalue weighted by Crippen LogP contribution is -2.43. The van der Waals surface area contributed by atoms with E-state index in [2.05, 4.69) is 37.2 Å². The van der Waals surface area contributed by atoms with Gasteiger partial charge < -0.3 is 0 Å². The van der Waals surface area contributed by atoms with E-state index in [0.29, 0.717) is 6.42 Å². The van der Waals surface area contributed by atoms with E-state index in [1.165, 1.54) is 0 Å². The maximum Gasteiger partial charge on any atom is 0.230 e. The Bertz CT molecular complexity index is 487. The molecule has 0 aliphatic carbocycles. The molecule has 5 heteroatoms. The van der Waals surface area contributed by atoms with Crippen molar-refractivity contribution in [1.29, 1.82) is 0 Å². The van der Waals surface area contributed by atoms with Gasteiger partial charge in [0.05, 0.1) is 0 Å². The predicted octanol–water partition coefficient (Wildman–Crippen LogP) is 2.98. The topological polar surface area (TPSA) is 46.2 Å². The summed E-state index contributed by atoms with van der Waals surface area (Å²) in [5.41, 5.74) is 1.01. The molecule has 0 aromatic heterocycles. The summed E-state index contributed by atoms with van der Waals surface area (Å²) in [5, 5.41) is 2.36. The quantitative estimate of drug-likeness (QED) is 0.782. The molecule has 2 rings (SSSR count). The molecule has 2 amide bonds. The van der Waals surface area contributed by atoms with Crippen LogP contribution in [0.25, 0.3) is 0 Å². The number of halogens is 2. The number of hydrogen-bond acceptors (Lipinski definition) is 2. The molecule has 1 saturated heterocycles. The molecule has 3 nitrogen and oxygen atoms in total. The Hall–Kier alpha value is -0.680. The van der Waals surface area contributed by atoms with Gasteiger partial charge in [0, 0.05) is 27.2 Å². The molecular formula is C12H11Br2NO2. The molecule has 2 atom stereocenters. The largest absolute Gasteiger partial charge is 0.296 e. The van der Waals surface area contributed by atoms with Crippen molar-refractivity contribution in [3.05, 3.63) is 32.7 Å². The summed E-state index contributed by atoms with van der Waals surface area (Å²) in [7, 11) is 0. The van der Waals surface area contributed by atoms with Gasteiger partial charge in [-0.25, -0.2) is 0 Å². The number of rotatable bonds is 1. The van der Waals surface area contributed by atoms with Crippen LogP contribution in [0.2, 0.25) is 0 Å². The fourth-order valence-electron chi connectivity index (χ4n) is 2.01. The average Bonchev–Trinajstić information content (AvgIpc) is 2.27. The van der Waals surface area contributed by atoms with Gasteiger partial charge in [-0.3, -0.25) is 14.9 Å². The van der Waals surface area contributed by atoms with Crippen molar-refractivity contribution in [2.24, 2.45) is 5.92 Å². The second-order valence-electron chi connectivity index (χ2n) is 4.19. The third kappa shape index (κ3) is 2.60. The van der Waals surface area contributed by atoms with Crippen molar-refractivity contribution >= 4 is 43.7 Å². The van der Waals surface area contributed by atoms with Crippen LogP contribution in [-0.2, 0) is 9.59 Å². The first kappa shape index (κ1) is 12.8. The highest BCUT2D eigenvalue weighted by atomic mass is 79.9. The van der Waals surface area contributed by atoms with Crippen LogP contribution < -0.4 is 5.32 Å². The van der Waals surface area contributed by atoms with Gasteiger partial charge in [-0.05, 0) is 49.6 Å². The lowest BCUT2D eigenvalue weighted by Gasteiger charge is -2.27. The molecular weight excluding hydrogens is 350 g/mol. The van der Waals surface area contributed by atoms with Crippen molar-refractivity contribution in [3.8, 4) is 0 Å². The maximum absolute atomic E-state index is 11.6. The third-order valence-corrected chi connectivity index (χ3v) is 4.94. The van der Waals surface area contributed by atoms with Crippen LogP contribution in [0.1, 0.15) is 24.8 Å². The van der Waals surface area contributed by atoms with Gasteiger partial charge >= 0.3 is 0 Å².